The van der Waals surface area contributed by atoms with Crippen molar-refractivity contribution in [3.63, 3.8) is 0 Å². The second kappa shape index (κ2) is 13.3. The molecule has 1 aromatic carbocycles. The van der Waals surface area contributed by atoms with Crippen LogP contribution in [0.15, 0.2) is 42.0 Å². The van der Waals surface area contributed by atoms with E-state index in [0.29, 0.717) is 13.0 Å². The maximum atomic E-state index is 11.7. The highest BCUT2D eigenvalue weighted by atomic mass is 16.5. The van der Waals surface area contributed by atoms with Crippen LogP contribution in [-0.4, -0.2) is 18.7 Å². The van der Waals surface area contributed by atoms with Crippen molar-refractivity contribution in [3.8, 4) is 5.75 Å². The number of hydrogen-bond acceptors (Lipinski definition) is 3. The van der Waals surface area contributed by atoms with Crippen LogP contribution in [0, 0.1) is 0 Å². The summed E-state index contributed by atoms with van der Waals surface area (Å²) in [4.78, 5) is 11.7. The van der Waals surface area contributed by atoms with E-state index in [-0.39, 0.29) is 5.91 Å². The van der Waals surface area contributed by atoms with Gasteiger partial charge in [0.2, 0.25) is 5.91 Å². The number of hydrazone groups is 1. The van der Waals surface area contributed by atoms with Gasteiger partial charge in [0.15, 0.2) is 0 Å². The number of carbonyl (C=O) groups excluding carboxylic acids is 1. The summed E-state index contributed by atoms with van der Waals surface area (Å²) in [6.45, 7) is 6.31. The summed E-state index contributed by atoms with van der Waals surface area (Å²) in [5.74, 6) is 0.765. The zero-order valence-corrected chi connectivity index (χ0v) is 14.8. The molecule has 0 aromatic heterocycles. The number of nitrogens with zero attached hydrogens (tertiary/aromatic N) is 1. The predicted molar refractivity (Wildman–Crippen MR) is 100 cm³/mol. The summed E-state index contributed by atoms with van der Waals surface area (Å²) in [5.41, 5.74) is 3.49. The average Bonchev–Trinajstić information content (AvgIpc) is 2.60. The lowest BCUT2D eigenvalue weighted by Gasteiger charge is -2.03. The minimum Gasteiger partial charge on any atom is -0.490 e. The molecule has 4 nitrogen and oxygen atoms in total. The number of benzene rings is 1. The summed E-state index contributed by atoms with van der Waals surface area (Å²) in [6.07, 6.45) is 12.3. The van der Waals surface area contributed by atoms with Crippen LogP contribution in [0.1, 0.15) is 63.9 Å². The molecule has 0 aliphatic heterocycles. The van der Waals surface area contributed by atoms with Gasteiger partial charge in [-0.25, -0.2) is 5.43 Å². The summed E-state index contributed by atoms with van der Waals surface area (Å²) >= 11 is 0. The molecular weight excluding hydrogens is 300 g/mol. The molecule has 0 atom stereocenters. The summed E-state index contributed by atoms with van der Waals surface area (Å²) in [5, 5.41) is 3.99. The maximum absolute atomic E-state index is 11.7. The first-order valence-electron chi connectivity index (χ1n) is 8.92. The van der Waals surface area contributed by atoms with Crippen LogP contribution in [0.3, 0.4) is 0 Å². The number of rotatable bonds is 13. The Morgan fingerprint density at radius 2 is 1.79 bits per heavy atom. The van der Waals surface area contributed by atoms with Gasteiger partial charge in [0.25, 0.3) is 0 Å². The van der Waals surface area contributed by atoms with Crippen molar-refractivity contribution in [1.29, 1.82) is 0 Å². The molecule has 0 unspecified atom stereocenters. The van der Waals surface area contributed by atoms with Crippen molar-refractivity contribution in [2.75, 3.05) is 6.61 Å². The molecule has 4 heteroatoms. The fraction of sp³-hybridized carbons (Fsp3) is 0.500. The molecule has 132 valence electrons. The lowest BCUT2D eigenvalue weighted by atomic mass is 10.1. The third-order valence-corrected chi connectivity index (χ3v) is 3.66. The van der Waals surface area contributed by atoms with E-state index in [4.69, 9.17) is 4.74 Å². The Morgan fingerprint density at radius 1 is 1.12 bits per heavy atom. The van der Waals surface area contributed by atoms with Crippen LogP contribution in [0.25, 0.3) is 0 Å². The highest BCUT2D eigenvalue weighted by Crippen LogP contribution is 2.11. The smallest absolute Gasteiger partial charge is 0.240 e. The Labute approximate surface area is 146 Å². The van der Waals surface area contributed by atoms with E-state index in [1.165, 1.54) is 32.1 Å². The molecule has 1 rings (SSSR count). The lowest BCUT2D eigenvalue weighted by Crippen LogP contribution is -2.16. The molecule has 24 heavy (non-hydrogen) atoms. The van der Waals surface area contributed by atoms with E-state index >= 15 is 0 Å². The molecule has 0 radical (unpaired) electrons. The van der Waals surface area contributed by atoms with Crippen molar-refractivity contribution in [1.82, 2.24) is 5.43 Å². The van der Waals surface area contributed by atoms with Gasteiger partial charge < -0.3 is 4.74 Å². The molecule has 0 heterocycles. The van der Waals surface area contributed by atoms with E-state index in [1.54, 1.807) is 12.3 Å². The number of ether oxygens (including phenoxy) is 1. The van der Waals surface area contributed by atoms with Gasteiger partial charge in [-0.15, -0.1) is 0 Å². The van der Waals surface area contributed by atoms with E-state index in [2.05, 4.69) is 24.0 Å². The van der Waals surface area contributed by atoms with Gasteiger partial charge in [0.05, 0.1) is 6.21 Å². The highest BCUT2D eigenvalue weighted by molar-refractivity contribution is 5.82. The molecule has 1 amide bonds. The summed E-state index contributed by atoms with van der Waals surface area (Å²) in [7, 11) is 0. The van der Waals surface area contributed by atoms with Crippen molar-refractivity contribution in [2.24, 2.45) is 5.10 Å². The van der Waals surface area contributed by atoms with Gasteiger partial charge in [0, 0.05) is 6.42 Å². The van der Waals surface area contributed by atoms with Crippen LogP contribution in [0.2, 0.25) is 0 Å². The summed E-state index contributed by atoms with van der Waals surface area (Å²) < 4.78 is 5.41. The van der Waals surface area contributed by atoms with Gasteiger partial charge in [-0.3, -0.25) is 4.79 Å². The van der Waals surface area contributed by atoms with Crippen molar-refractivity contribution in [2.45, 2.75) is 58.3 Å². The molecule has 0 bridgehead atoms. The van der Waals surface area contributed by atoms with E-state index in [9.17, 15) is 4.79 Å². The zero-order chi connectivity index (χ0) is 17.5. The molecule has 0 aliphatic rings. The van der Waals surface area contributed by atoms with Gasteiger partial charge in [-0.1, -0.05) is 58.1 Å². The van der Waals surface area contributed by atoms with Crippen molar-refractivity contribution < 1.29 is 9.53 Å². The Bertz CT molecular complexity index is 495. The van der Waals surface area contributed by atoms with Crippen LogP contribution in [0.5, 0.6) is 5.75 Å². The van der Waals surface area contributed by atoms with Gasteiger partial charge in [-0.2, -0.15) is 5.10 Å². The second-order valence-electron chi connectivity index (χ2n) is 5.83. The molecule has 0 saturated heterocycles. The topological polar surface area (TPSA) is 50.7 Å². The first-order valence-corrected chi connectivity index (χ1v) is 8.92. The van der Waals surface area contributed by atoms with Crippen LogP contribution >= 0.6 is 0 Å². The number of nitrogens with one attached hydrogen (secondary N) is 1. The van der Waals surface area contributed by atoms with E-state index < -0.39 is 0 Å². The van der Waals surface area contributed by atoms with Crippen molar-refractivity contribution in [3.05, 3.63) is 42.5 Å². The minimum atomic E-state index is -0.0225. The largest absolute Gasteiger partial charge is 0.490 e. The number of hydrogen-bond donors (Lipinski definition) is 1. The third kappa shape index (κ3) is 9.82. The summed E-state index contributed by atoms with van der Waals surface area (Å²) in [6, 6.07) is 7.52. The fourth-order valence-electron chi connectivity index (χ4n) is 2.28. The quantitative estimate of drug-likeness (QED) is 0.243. The van der Waals surface area contributed by atoms with Gasteiger partial charge >= 0.3 is 0 Å². The van der Waals surface area contributed by atoms with Gasteiger partial charge in [0.1, 0.15) is 12.4 Å². The first-order chi connectivity index (χ1) is 11.8. The SMILES string of the molecule is C=CCOc1ccc(C=NNC(=O)CCCCCCCCC)cc1. The second-order valence-corrected chi connectivity index (χ2v) is 5.83. The molecule has 1 aromatic rings. The van der Waals surface area contributed by atoms with Crippen LogP contribution in [0.4, 0.5) is 0 Å². The standard InChI is InChI=1S/C20H30N2O2/c1-3-5-6-7-8-9-10-11-20(23)22-21-17-18-12-14-19(15-13-18)24-16-4-2/h4,12-15,17H,2-3,5-11,16H2,1H3,(H,22,23). The average molecular weight is 330 g/mol. The molecule has 0 aliphatic carbocycles. The molecule has 0 spiro atoms. The Morgan fingerprint density at radius 3 is 2.46 bits per heavy atom. The maximum Gasteiger partial charge on any atom is 0.240 e. The molecule has 0 fully saturated rings. The number of carbonyl (C=O) groups is 1. The fourth-order valence-corrected chi connectivity index (χ4v) is 2.28. The highest BCUT2D eigenvalue weighted by Gasteiger charge is 1.99. The number of unbranched alkanes of at least 4 members (excludes halogenated alkanes) is 6. The molecule has 0 saturated carbocycles. The molecular formula is C20H30N2O2. The van der Waals surface area contributed by atoms with Crippen LogP contribution in [-0.2, 0) is 4.79 Å². The Balaban J connectivity index is 2.14. The monoisotopic (exact) mass is 330 g/mol. The van der Waals surface area contributed by atoms with Crippen molar-refractivity contribution >= 4 is 12.1 Å². The zero-order valence-electron chi connectivity index (χ0n) is 14.8. The Kier molecular flexibility index (Phi) is 11.1. The predicted octanol–water partition coefficient (Wildman–Crippen LogP) is 4.84. The number of amides is 1. The van der Waals surface area contributed by atoms with E-state index in [0.717, 1.165) is 24.2 Å². The molecule has 1 N–H and O–H groups in total. The third-order valence-electron chi connectivity index (χ3n) is 3.66. The van der Waals surface area contributed by atoms with Gasteiger partial charge in [-0.05, 0) is 36.2 Å². The van der Waals surface area contributed by atoms with Crippen LogP contribution < -0.4 is 10.2 Å². The lowest BCUT2D eigenvalue weighted by molar-refractivity contribution is -0.121. The van der Waals surface area contributed by atoms with E-state index in [1.807, 2.05) is 24.3 Å². The first kappa shape index (κ1) is 19.9. The Hall–Kier alpha value is -2.10. The minimum absolute atomic E-state index is 0.0225. The normalized spacial score (nSPS) is 10.7.